The molecule has 5 heteroatoms. The van der Waals surface area contributed by atoms with Gasteiger partial charge in [-0.15, -0.1) is 0 Å². The average Bonchev–Trinajstić information content (AvgIpc) is 2.02. The topological polar surface area (TPSA) is 52.3 Å². The van der Waals surface area contributed by atoms with Gasteiger partial charge in [0, 0.05) is 18.9 Å². The van der Waals surface area contributed by atoms with E-state index in [2.05, 4.69) is 0 Å². The number of hydrogen-bond donors (Lipinski definition) is 1. The predicted octanol–water partition coefficient (Wildman–Crippen LogP) is 1.31. The Hall–Kier alpha value is -0.710. The summed E-state index contributed by atoms with van der Waals surface area (Å²) in [5, 5.41) is 0. The Labute approximate surface area is 81.6 Å². The molecule has 0 radical (unpaired) electrons. The number of rotatable bonds is 2. The third kappa shape index (κ3) is 2.64. The Balaban J connectivity index is 2.53. The summed E-state index contributed by atoms with van der Waals surface area (Å²) in [6, 6.07) is -0.780. The third-order valence-corrected chi connectivity index (χ3v) is 2.46. The van der Waals surface area contributed by atoms with Crippen LogP contribution in [0.4, 0.5) is 8.78 Å². The molecule has 0 aromatic rings. The van der Waals surface area contributed by atoms with Crippen molar-refractivity contribution < 1.29 is 18.3 Å². The van der Waals surface area contributed by atoms with E-state index in [1.54, 1.807) is 6.92 Å². The molecule has 0 aromatic heterocycles. The summed E-state index contributed by atoms with van der Waals surface area (Å²) in [6.07, 6.45) is -0.576. The maximum Gasteiger partial charge on any atom is 0.310 e. The van der Waals surface area contributed by atoms with Gasteiger partial charge < -0.3 is 10.5 Å². The van der Waals surface area contributed by atoms with Gasteiger partial charge >= 0.3 is 5.97 Å². The number of hydrogen-bond acceptors (Lipinski definition) is 3. The Morgan fingerprint density at radius 3 is 2.79 bits per heavy atom. The van der Waals surface area contributed by atoms with Crippen molar-refractivity contribution in [2.24, 2.45) is 11.7 Å². The molecular formula is C9H15F2NO2. The minimum atomic E-state index is -2.72. The maximum absolute atomic E-state index is 12.8. The van der Waals surface area contributed by atoms with Gasteiger partial charge in [0.15, 0.2) is 0 Å². The summed E-state index contributed by atoms with van der Waals surface area (Å²) in [7, 11) is 0. The zero-order valence-electron chi connectivity index (χ0n) is 8.13. The van der Waals surface area contributed by atoms with Gasteiger partial charge in [-0.25, -0.2) is 8.78 Å². The second-order valence-electron chi connectivity index (χ2n) is 3.62. The molecule has 2 atom stereocenters. The van der Waals surface area contributed by atoms with Crippen LogP contribution in [-0.2, 0) is 9.53 Å². The largest absolute Gasteiger partial charge is 0.466 e. The number of carbonyl (C=O) groups is 1. The highest BCUT2D eigenvalue weighted by atomic mass is 19.3. The molecule has 1 aliphatic carbocycles. The van der Waals surface area contributed by atoms with Gasteiger partial charge in [-0.2, -0.15) is 0 Å². The number of esters is 1. The van der Waals surface area contributed by atoms with Gasteiger partial charge in [-0.3, -0.25) is 4.79 Å². The molecule has 3 nitrogen and oxygen atoms in total. The Morgan fingerprint density at radius 1 is 1.64 bits per heavy atom. The standard InChI is InChI=1S/C9H15F2NO2/c1-2-14-8(13)6-3-4-9(10,11)5-7(6)12/h6-7H,2-5,12H2,1H3. The molecule has 14 heavy (non-hydrogen) atoms. The number of carbonyl (C=O) groups excluding carboxylic acids is 1. The highest BCUT2D eigenvalue weighted by Gasteiger charge is 2.43. The zero-order valence-corrected chi connectivity index (χ0v) is 8.13. The Bertz CT molecular complexity index is 221. The summed E-state index contributed by atoms with van der Waals surface area (Å²) in [4.78, 5) is 11.3. The molecule has 1 rings (SSSR count). The SMILES string of the molecule is CCOC(=O)C1CCC(F)(F)CC1N. The first-order chi connectivity index (χ1) is 6.46. The summed E-state index contributed by atoms with van der Waals surface area (Å²) < 4.78 is 30.4. The number of ether oxygens (including phenoxy) is 1. The summed E-state index contributed by atoms with van der Waals surface area (Å²) in [6.45, 7) is 1.94. The van der Waals surface area contributed by atoms with Crippen LogP contribution in [0.5, 0.6) is 0 Å². The van der Waals surface area contributed by atoms with Crippen molar-refractivity contribution in [1.82, 2.24) is 0 Å². The summed E-state index contributed by atoms with van der Waals surface area (Å²) >= 11 is 0. The molecule has 0 aromatic carbocycles. The fourth-order valence-electron chi connectivity index (χ4n) is 1.71. The summed E-state index contributed by atoms with van der Waals surface area (Å²) in [5.74, 6) is -3.73. The third-order valence-electron chi connectivity index (χ3n) is 2.46. The van der Waals surface area contributed by atoms with E-state index in [0.717, 1.165) is 0 Å². The molecular weight excluding hydrogens is 192 g/mol. The lowest BCUT2D eigenvalue weighted by Crippen LogP contribution is -2.45. The van der Waals surface area contributed by atoms with Gasteiger partial charge in [0.1, 0.15) is 0 Å². The van der Waals surface area contributed by atoms with E-state index >= 15 is 0 Å². The fourth-order valence-corrected chi connectivity index (χ4v) is 1.71. The second-order valence-corrected chi connectivity index (χ2v) is 3.62. The number of nitrogens with two attached hydrogens (primary N) is 1. The van der Waals surface area contributed by atoms with E-state index in [-0.39, 0.29) is 19.4 Å². The smallest absolute Gasteiger partial charge is 0.310 e. The average molecular weight is 207 g/mol. The van der Waals surface area contributed by atoms with Gasteiger partial charge in [0.05, 0.1) is 12.5 Å². The van der Waals surface area contributed by atoms with Crippen LogP contribution < -0.4 is 5.73 Å². The second kappa shape index (κ2) is 4.21. The van der Waals surface area contributed by atoms with Crippen LogP contribution >= 0.6 is 0 Å². The zero-order chi connectivity index (χ0) is 10.8. The van der Waals surface area contributed by atoms with E-state index in [9.17, 15) is 13.6 Å². The quantitative estimate of drug-likeness (QED) is 0.694. The molecule has 1 saturated carbocycles. The molecule has 0 spiro atoms. The monoisotopic (exact) mass is 207 g/mol. The Kier molecular flexibility index (Phi) is 3.42. The van der Waals surface area contributed by atoms with Crippen LogP contribution in [0.15, 0.2) is 0 Å². The molecule has 0 bridgehead atoms. The van der Waals surface area contributed by atoms with Crippen molar-refractivity contribution in [1.29, 1.82) is 0 Å². The van der Waals surface area contributed by atoms with Crippen molar-refractivity contribution in [3.05, 3.63) is 0 Å². The van der Waals surface area contributed by atoms with E-state index in [4.69, 9.17) is 10.5 Å². The highest BCUT2D eigenvalue weighted by molar-refractivity contribution is 5.73. The minimum absolute atomic E-state index is 0.118. The van der Waals surface area contributed by atoms with E-state index in [1.165, 1.54) is 0 Å². The van der Waals surface area contributed by atoms with Crippen molar-refractivity contribution in [3.8, 4) is 0 Å². The van der Waals surface area contributed by atoms with Crippen molar-refractivity contribution >= 4 is 5.97 Å². The van der Waals surface area contributed by atoms with Gasteiger partial charge in [0.25, 0.3) is 0 Å². The lowest BCUT2D eigenvalue weighted by Gasteiger charge is -2.32. The number of halogens is 2. The van der Waals surface area contributed by atoms with Gasteiger partial charge in [-0.05, 0) is 13.3 Å². The lowest BCUT2D eigenvalue weighted by molar-refractivity contribution is -0.153. The molecule has 82 valence electrons. The first-order valence-corrected chi connectivity index (χ1v) is 4.76. The fraction of sp³-hybridized carbons (Fsp3) is 0.889. The van der Waals surface area contributed by atoms with Gasteiger partial charge in [0.2, 0.25) is 5.92 Å². The molecule has 0 saturated heterocycles. The molecule has 2 N–H and O–H groups in total. The van der Waals surface area contributed by atoms with Crippen LogP contribution in [0.2, 0.25) is 0 Å². The van der Waals surface area contributed by atoms with Crippen molar-refractivity contribution in [3.63, 3.8) is 0 Å². The minimum Gasteiger partial charge on any atom is -0.466 e. The summed E-state index contributed by atoms with van der Waals surface area (Å²) in [5.41, 5.74) is 5.50. The van der Waals surface area contributed by atoms with E-state index in [0.29, 0.717) is 0 Å². The van der Waals surface area contributed by atoms with Crippen LogP contribution in [-0.4, -0.2) is 24.5 Å². The molecule has 0 aliphatic heterocycles. The first kappa shape index (κ1) is 11.4. The Morgan fingerprint density at radius 2 is 2.29 bits per heavy atom. The molecule has 0 amide bonds. The van der Waals surface area contributed by atoms with Gasteiger partial charge in [-0.1, -0.05) is 0 Å². The maximum atomic E-state index is 12.8. The van der Waals surface area contributed by atoms with Crippen LogP contribution in [0, 0.1) is 5.92 Å². The van der Waals surface area contributed by atoms with E-state index < -0.39 is 30.3 Å². The molecule has 1 fully saturated rings. The van der Waals surface area contributed by atoms with Crippen LogP contribution in [0.1, 0.15) is 26.2 Å². The normalized spacial score (nSPS) is 31.1. The lowest BCUT2D eigenvalue weighted by atomic mass is 9.83. The first-order valence-electron chi connectivity index (χ1n) is 4.76. The highest BCUT2D eigenvalue weighted by Crippen LogP contribution is 2.35. The van der Waals surface area contributed by atoms with Crippen LogP contribution in [0.3, 0.4) is 0 Å². The molecule has 0 heterocycles. The predicted molar refractivity (Wildman–Crippen MR) is 46.9 cm³/mol. The molecule has 1 aliphatic rings. The van der Waals surface area contributed by atoms with Crippen molar-refractivity contribution in [2.75, 3.05) is 6.61 Å². The van der Waals surface area contributed by atoms with Crippen molar-refractivity contribution in [2.45, 2.75) is 38.2 Å². The number of alkyl halides is 2. The van der Waals surface area contributed by atoms with Crippen LogP contribution in [0.25, 0.3) is 0 Å². The van der Waals surface area contributed by atoms with E-state index in [1.807, 2.05) is 0 Å². The molecule has 2 unspecified atom stereocenters.